The van der Waals surface area contributed by atoms with Crippen molar-refractivity contribution in [2.75, 3.05) is 12.9 Å². The number of methoxy groups -OCH3 is 1. The lowest BCUT2D eigenvalue weighted by Crippen LogP contribution is -2.28. The van der Waals surface area contributed by atoms with Crippen LogP contribution in [0.2, 0.25) is 0 Å². The van der Waals surface area contributed by atoms with Crippen LogP contribution in [-0.4, -0.2) is 50.2 Å². The predicted octanol–water partition coefficient (Wildman–Crippen LogP) is 6.05. The van der Waals surface area contributed by atoms with Gasteiger partial charge in [0.1, 0.15) is 5.75 Å². The number of nitrogens with zero attached hydrogens (tertiary/aromatic N) is 5. The lowest BCUT2D eigenvalue weighted by Gasteiger charge is -2.22. The average molecular weight is 623 g/mol. The fourth-order valence-electron chi connectivity index (χ4n) is 4.94. The predicted molar refractivity (Wildman–Crippen MR) is 172 cm³/mol. The van der Waals surface area contributed by atoms with Crippen molar-refractivity contribution in [1.82, 2.24) is 25.1 Å². The third kappa shape index (κ3) is 6.43. The number of ether oxygens (including phenoxy) is 1. The number of nitrogens with one attached hydrogen (secondary N) is 1. The fourth-order valence-corrected chi connectivity index (χ4v) is 6.40. The Balaban J connectivity index is 1.23. The molecule has 3 heterocycles. The van der Waals surface area contributed by atoms with E-state index in [1.807, 2.05) is 77.5 Å². The second-order valence-electron chi connectivity index (χ2n) is 10.2. The second-order valence-corrected chi connectivity index (χ2v) is 12.1. The van der Waals surface area contributed by atoms with E-state index in [0.29, 0.717) is 22.3 Å². The van der Waals surface area contributed by atoms with Crippen LogP contribution in [0.3, 0.4) is 0 Å². The summed E-state index contributed by atoms with van der Waals surface area (Å²) in [4.78, 5) is 27.0. The van der Waals surface area contributed by atoms with Crippen molar-refractivity contribution in [2.45, 2.75) is 31.1 Å². The van der Waals surface area contributed by atoms with Crippen molar-refractivity contribution in [3.05, 3.63) is 124 Å². The number of rotatable bonds is 10. The SMILES string of the molecule is COc1ccc(C2=NN(C(=O)CSc3nnc(CNC(=O)c4cccs4)n3-c3ccccc3)[C@@H](c3ccc(C)cc3)C2)cc1. The van der Waals surface area contributed by atoms with Crippen LogP contribution < -0.4 is 10.1 Å². The summed E-state index contributed by atoms with van der Waals surface area (Å²) in [5.74, 6) is 1.12. The van der Waals surface area contributed by atoms with Crippen LogP contribution in [0.5, 0.6) is 5.75 Å². The number of para-hydroxylation sites is 1. The van der Waals surface area contributed by atoms with Gasteiger partial charge in [0.15, 0.2) is 11.0 Å². The maximum absolute atomic E-state index is 13.8. The number of thioether (sulfide) groups is 1. The van der Waals surface area contributed by atoms with Crippen molar-refractivity contribution in [1.29, 1.82) is 0 Å². The zero-order valence-electron chi connectivity index (χ0n) is 24.2. The van der Waals surface area contributed by atoms with E-state index in [-0.39, 0.29) is 30.2 Å². The van der Waals surface area contributed by atoms with E-state index in [2.05, 4.69) is 39.8 Å². The summed E-state index contributed by atoms with van der Waals surface area (Å²) in [6.07, 6.45) is 0.597. The maximum Gasteiger partial charge on any atom is 0.261 e. The molecular weight excluding hydrogens is 593 g/mol. The van der Waals surface area contributed by atoms with E-state index in [4.69, 9.17) is 9.84 Å². The molecule has 5 aromatic rings. The summed E-state index contributed by atoms with van der Waals surface area (Å²) in [7, 11) is 1.64. The van der Waals surface area contributed by atoms with Crippen molar-refractivity contribution in [3.8, 4) is 11.4 Å². The molecule has 1 atom stereocenters. The number of carbonyl (C=O) groups is 2. The third-order valence-electron chi connectivity index (χ3n) is 7.24. The van der Waals surface area contributed by atoms with Crippen LogP contribution in [0, 0.1) is 6.92 Å². The first-order valence-corrected chi connectivity index (χ1v) is 15.9. The lowest BCUT2D eigenvalue weighted by molar-refractivity contribution is -0.130. The van der Waals surface area contributed by atoms with Crippen LogP contribution >= 0.6 is 23.1 Å². The number of carbonyl (C=O) groups excluding carboxylic acids is 2. The molecular formula is C33H30N6O3S2. The molecule has 6 rings (SSSR count). The lowest BCUT2D eigenvalue weighted by atomic mass is 9.97. The summed E-state index contributed by atoms with van der Waals surface area (Å²) < 4.78 is 7.19. The molecule has 0 bridgehead atoms. The first-order chi connectivity index (χ1) is 21.5. The third-order valence-corrected chi connectivity index (χ3v) is 9.03. The number of benzene rings is 3. The summed E-state index contributed by atoms with van der Waals surface area (Å²) in [5.41, 5.74) is 4.81. The number of amides is 2. The minimum atomic E-state index is -0.226. The zero-order chi connectivity index (χ0) is 30.5. The van der Waals surface area contributed by atoms with Gasteiger partial charge < -0.3 is 10.1 Å². The van der Waals surface area contributed by atoms with Crippen LogP contribution in [0.15, 0.2) is 107 Å². The van der Waals surface area contributed by atoms with Crippen LogP contribution in [0.4, 0.5) is 0 Å². The van der Waals surface area contributed by atoms with Gasteiger partial charge in [0, 0.05) is 12.1 Å². The highest BCUT2D eigenvalue weighted by Gasteiger charge is 2.33. The molecule has 2 amide bonds. The Morgan fingerprint density at radius 2 is 1.75 bits per heavy atom. The molecule has 0 saturated heterocycles. The van der Waals surface area contributed by atoms with Crippen molar-refractivity contribution >= 4 is 40.6 Å². The smallest absolute Gasteiger partial charge is 0.261 e. The maximum atomic E-state index is 13.8. The summed E-state index contributed by atoms with van der Waals surface area (Å²) in [5, 5.41) is 20.5. The zero-order valence-corrected chi connectivity index (χ0v) is 25.8. The molecule has 0 aliphatic carbocycles. The standard InChI is InChI=1S/C33H30N6O3S2/c1-22-10-12-24(13-11-22)28-19-27(23-14-16-26(42-2)17-15-23)37-39(28)31(40)21-44-33-36-35-30(38(33)25-7-4-3-5-8-25)20-34-32(41)29-9-6-18-43-29/h3-18,28H,19-21H2,1-2H3,(H,34,41)/t28-/m1/s1. The molecule has 2 aromatic heterocycles. The Morgan fingerprint density at radius 3 is 2.45 bits per heavy atom. The molecule has 3 aromatic carbocycles. The van der Waals surface area contributed by atoms with Gasteiger partial charge in [0.2, 0.25) is 0 Å². The number of hydrogen-bond donors (Lipinski definition) is 1. The van der Waals surface area contributed by atoms with Crippen molar-refractivity contribution < 1.29 is 14.3 Å². The van der Waals surface area contributed by atoms with E-state index in [9.17, 15) is 9.59 Å². The highest BCUT2D eigenvalue weighted by Crippen LogP contribution is 2.34. The van der Waals surface area contributed by atoms with Gasteiger partial charge in [0.25, 0.3) is 11.8 Å². The number of thiophene rings is 1. The summed E-state index contributed by atoms with van der Waals surface area (Å²) in [6.45, 7) is 2.23. The monoisotopic (exact) mass is 622 g/mol. The molecule has 222 valence electrons. The molecule has 0 radical (unpaired) electrons. The number of hydrogen-bond acceptors (Lipinski definition) is 8. The topological polar surface area (TPSA) is 102 Å². The van der Waals surface area contributed by atoms with Gasteiger partial charge >= 0.3 is 0 Å². The summed E-state index contributed by atoms with van der Waals surface area (Å²) >= 11 is 2.67. The first-order valence-electron chi connectivity index (χ1n) is 14.0. The van der Waals surface area contributed by atoms with E-state index in [0.717, 1.165) is 33.8 Å². The number of aryl methyl sites for hydroxylation is 1. The highest BCUT2D eigenvalue weighted by atomic mass is 32.2. The molecule has 0 fully saturated rings. The Bertz CT molecular complexity index is 1770. The molecule has 0 unspecified atom stereocenters. The van der Waals surface area contributed by atoms with Crippen molar-refractivity contribution in [2.24, 2.45) is 5.10 Å². The molecule has 11 heteroatoms. The van der Waals surface area contributed by atoms with Gasteiger partial charge in [-0.15, -0.1) is 21.5 Å². The minimum absolute atomic E-state index is 0.105. The van der Waals surface area contributed by atoms with E-state index in [1.54, 1.807) is 18.2 Å². The highest BCUT2D eigenvalue weighted by molar-refractivity contribution is 7.99. The van der Waals surface area contributed by atoms with Gasteiger partial charge in [-0.3, -0.25) is 14.2 Å². The molecule has 44 heavy (non-hydrogen) atoms. The Labute approximate surface area is 263 Å². The number of hydrazone groups is 1. The average Bonchev–Trinajstić information content (AvgIpc) is 3.84. The normalized spacial score (nSPS) is 14.4. The van der Waals surface area contributed by atoms with Crippen molar-refractivity contribution in [3.63, 3.8) is 0 Å². The Kier molecular flexibility index (Phi) is 8.85. The van der Waals surface area contributed by atoms with Crippen LogP contribution in [0.1, 0.15) is 44.6 Å². The number of aromatic nitrogens is 3. The molecule has 1 aliphatic heterocycles. The molecule has 1 N–H and O–H groups in total. The van der Waals surface area contributed by atoms with E-state index >= 15 is 0 Å². The molecule has 0 spiro atoms. The van der Waals surface area contributed by atoms with Crippen LogP contribution in [0.25, 0.3) is 5.69 Å². The Hall–Kier alpha value is -4.74. The van der Waals surface area contributed by atoms with Crippen LogP contribution in [-0.2, 0) is 11.3 Å². The van der Waals surface area contributed by atoms with Gasteiger partial charge in [-0.1, -0.05) is 65.9 Å². The van der Waals surface area contributed by atoms with Gasteiger partial charge in [-0.25, -0.2) is 5.01 Å². The summed E-state index contributed by atoms with van der Waals surface area (Å²) in [6, 6.07) is 29.0. The Morgan fingerprint density at radius 1 is 0.977 bits per heavy atom. The van der Waals surface area contributed by atoms with E-state index < -0.39 is 0 Å². The molecule has 0 saturated carbocycles. The minimum Gasteiger partial charge on any atom is -0.497 e. The molecule has 9 nitrogen and oxygen atoms in total. The largest absolute Gasteiger partial charge is 0.497 e. The molecule has 1 aliphatic rings. The van der Waals surface area contributed by atoms with Gasteiger partial charge in [-0.05, 0) is 65.9 Å². The fraction of sp³-hybridized carbons (Fsp3) is 0.182. The van der Waals surface area contributed by atoms with E-state index in [1.165, 1.54) is 23.1 Å². The quantitative estimate of drug-likeness (QED) is 0.191. The second kappa shape index (κ2) is 13.3. The van der Waals surface area contributed by atoms with Gasteiger partial charge in [0.05, 0.1) is 36.0 Å². The van der Waals surface area contributed by atoms with Gasteiger partial charge in [-0.2, -0.15) is 5.10 Å². The first kappa shape index (κ1) is 29.3.